The Labute approximate surface area is 220 Å². The molecule has 0 radical (unpaired) electrons. The molecule has 1 fully saturated rings. The average molecular weight is 518 g/mol. The summed E-state index contributed by atoms with van der Waals surface area (Å²) in [7, 11) is 0. The normalized spacial score (nSPS) is 15.8. The van der Waals surface area contributed by atoms with E-state index in [4.69, 9.17) is 10.1 Å². The lowest BCUT2D eigenvalue weighted by molar-refractivity contribution is 0.0163. The zero-order valence-electron chi connectivity index (χ0n) is 22.5. The molecule has 1 aliphatic heterocycles. The molecule has 1 aromatic carbocycles. The lowest BCUT2D eigenvalue weighted by Gasteiger charge is -2.46. The van der Waals surface area contributed by atoms with E-state index in [2.05, 4.69) is 31.0 Å². The van der Waals surface area contributed by atoms with Crippen molar-refractivity contribution in [1.82, 2.24) is 34.6 Å². The minimum atomic E-state index is -0.619. The van der Waals surface area contributed by atoms with Crippen molar-refractivity contribution in [2.75, 3.05) is 19.6 Å². The lowest BCUT2D eigenvalue weighted by Crippen LogP contribution is -2.62. The number of amides is 2. The fourth-order valence-electron chi connectivity index (χ4n) is 4.91. The highest BCUT2D eigenvalue weighted by atomic mass is 19.1. The first-order chi connectivity index (χ1) is 17.8. The molecule has 0 saturated carbocycles. The molecule has 0 bridgehead atoms. The van der Waals surface area contributed by atoms with Gasteiger partial charge in [-0.15, -0.1) is 0 Å². The fraction of sp³-hybridized carbons (Fsp3) is 0.393. The Kier molecular flexibility index (Phi) is 6.08. The van der Waals surface area contributed by atoms with Crippen LogP contribution in [0.4, 0.5) is 4.39 Å². The van der Waals surface area contributed by atoms with E-state index < -0.39 is 5.54 Å². The number of nitrogens with zero attached hydrogens (tertiary/aromatic N) is 6. The molecule has 0 atom stereocenters. The number of aromatic nitrogens is 5. The number of halogens is 1. The molecule has 4 heterocycles. The predicted molar refractivity (Wildman–Crippen MR) is 141 cm³/mol. The maximum atomic E-state index is 14.3. The second-order valence-corrected chi connectivity index (χ2v) is 11.5. The predicted octanol–water partition coefficient (Wildman–Crippen LogP) is 4.24. The Morgan fingerprint density at radius 1 is 1.08 bits per heavy atom. The Morgan fingerprint density at radius 2 is 1.84 bits per heavy atom. The van der Waals surface area contributed by atoms with Crippen molar-refractivity contribution in [2.45, 2.75) is 52.5 Å². The number of piperazine rings is 1. The topological polar surface area (TPSA) is 99.5 Å². The second-order valence-electron chi connectivity index (χ2n) is 11.5. The van der Waals surface area contributed by atoms with Gasteiger partial charge in [-0.1, -0.05) is 32.9 Å². The number of fused-ring (bicyclic) bond motifs is 1. The number of H-pyrrole nitrogens is 1. The number of benzene rings is 1. The lowest BCUT2D eigenvalue weighted by atomic mass is 9.87. The molecular formula is C28H32FN7O2. The Bertz CT molecular complexity index is 1530. The smallest absolute Gasteiger partial charge is 0.274 e. The molecule has 2 amide bonds. The van der Waals surface area contributed by atoms with Crippen LogP contribution in [0.1, 0.15) is 66.7 Å². The summed E-state index contributed by atoms with van der Waals surface area (Å²) >= 11 is 0. The highest BCUT2D eigenvalue weighted by Gasteiger charge is 2.40. The third kappa shape index (κ3) is 4.55. The number of aromatic amines is 1. The van der Waals surface area contributed by atoms with Crippen molar-refractivity contribution in [3.8, 4) is 11.3 Å². The van der Waals surface area contributed by atoms with Crippen molar-refractivity contribution in [1.29, 1.82) is 0 Å². The summed E-state index contributed by atoms with van der Waals surface area (Å²) in [6, 6.07) is 8.61. The molecule has 3 aromatic heterocycles. The van der Waals surface area contributed by atoms with Crippen molar-refractivity contribution in [2.24, 2.45) is 0 Å². The van der Waals surface area contributed by atoms with Gasteiger partial charge in [-0.2, -0.15) is 10.2 Å². The summed E-state index contributed by atoms with van der Waals surface area (Å²) in [5.41, 5.74) is 3.08. The molecule has 0 unspecified atom stereocenters. The molecule has 10 heteroatoms. The summed E-state index contributed by atoms with van der Waals surface area (Å²) in [6.07, 6.45) is 3.18. The molecule has 4 aromatic rings. The highest BCUT2D eigenvalue weighted by molar-refractivity contribution is 5.95. The van der Waals surface area contributed by atoms with Gasteiger partial charge in [-0.25, -0.2) is 13.9 Å². The molecule has 0 spiro atoms. The van der Waals surface area contributed by atoms with Crippen LogP contribution in [0.25, 0.3) is 16.9 Å². The molecular weight excluding hydrogens is 485 g/mol. The Morgan fingerprint density at radius 3 is 2.47 bits per heavy atom. The van der Waals surface area contributed by atoms with E-state index in [9.17, 15) is 14.0 Å². The van der Waals surface area contributed by atoms with Gasteiger partial charge in [0.15, 0.2) is 5.65 Å². The third-order valence-corrected chi connectivity index (χ3v) is 7.09. The first-order valence-corrected chi connectivity index (χ1v) is 12.6. The van der Waals surface area contributed by atoms with E-state index in [1.807, 2.05) is 26.0 Å². The van der Waals surface area contributed by atoms with Gasteiger partial charge in [-0.3, -0.25) is 14.7 Å². The minimum absolute atomic E-state index is 0.144. The third-order valence-electron chi connectivity index (χ3n) is 7.09. The van der Waals surface area contributed by atoms with Crippen LogP contribution in [0.5, 0.6) is 0 Å². The fourth-order valence-corrected chi connectivity index (χ4v) is 4.91. The van der Waals surface area contributed by atoms with Crippen molar-refractivity contribution in [3.05, 3.63) is 71.1 Å². The summed E-state index contributed by atoms with van der Waals surface area (Å²) < 4.78 is 15.9. The van der Waals surface area contributed by atoms with Gasteiger partial charge in [0.1, 0.15) is 17.2 Å². The maximum absolute atomic E-state index is 14.3. The largest absolute Gasteiger partial charge is 0.333 e. The van der Waals surface area contributed by atoms with Crippen LogP contribution in [0.2, 0.25) is 0 Å². The van der Waals surface area contributed by atoms with E-state index in [-0.39, 0.29) is 28.7 Å². The van der Waals surface area contributed by atoms with E-state index in [0.717, 1.165) is 5.56 Å². The number of imidazole rings is 1. The van der Waals surface area contributed by atoms with Gasteiger partial charge in [-0.05, 0) is 49.9 Å². The molecule has 38 heavy (non-hydrogen) atoms. The van der Waals surface area contributed by atoms with Gasteiger partial charge in [0.2, 0.25) is 0 Å². The Balaban J connectivity index is 1.48. The molecule has 1 aliphatic rings. The minimum Gasteiger partial charge on any atom is -0.333 e. The van der Waals surface area contributed by atoms with Crippen molar-refractivity contribution < 1.29 is 14.0 Å². The van der Waals surface area contributed by atoms with Crippen LogP contribution in [0.3, 0.4) is 0 Å². The van der Waals surface area contributed by atoms with Crippen molar-refractivity contribution in [3.63, 3.8) is 0 Å². The Hall–Kier alpha value is -4.08. The number of aryl methyl sites for hydroxylation is 1. The first kappa shape index (κ1) is 25.6. The number of carbonyl (C=O) groups is 2. The van der Waals surface area contributed by atoms with Gasteiger partial charge < -0.3 is 9.80 Å². The van der Waals surface area contributed by atoms with Crippen LogP contribution in [0, 0.1) is 12.7 Å². The summed E-state index contributed by atoms with van der Waals surface area (Å²) in [5.74, 6) is -0.665. The maximum Gasteiger partial charge on any atom is 0.274 e. The van der Waals surface area contributed by atoms with E-state index in [0.29, 0.717) is 47.8 Å². The molecule has 1 saturated heterocycles. The number of hydrogen-bond donors (Lipinski definition) is 1. The SMILES string of the molecule is Cc1ccc(-c2cc(C(C)(C)C)c3nc(C(=O)N4CCN(C(=O)c5ccn[nH]5)CC4(C)C)cn3n2)cc1F. The monoisotopic (exact) mass is 517 g/mol. The summed E-state index contributed by atoms with van der Waals surface area (Å²) in [6.45, 7) is 12.9. The van der Waals surface area contributed by atoms with Crippen LogP contribution in [-0.2, 0) is 5.41 Å². The number of carbonyl (C=O) groups excluding carboxylic acids is 2. The van der Waals surface area contributed by atoms with E-state index in [1.165, 1.54) is 6.07 Å². The molecule has 0 aliphatic carbocycles. The molecule has 1 N–H and O–H groups in total. The first-order valence-electron chi connectivity index (χ1n) is 12.6. The number of rotatable bonds is 3. The van der Waals surface area contributed by atoms with Gasteiger partial charge >= 0.3 is 0 Å². The van der Waals surface area contributed by atoms with E-state index >= 15 is 0 Å². The zero-order chi connectivity index (χ0) is 27.4. The molecule has 5 rings (SSSR count). The van der Waals surface area contributed by atoms with Crippen molar-refractivity contribution >= 4 is 17.5 Å². The van der Waals surface area contributed by atoms with E-state index in [1.54, 1.807) is 45.8 Å². The van der Waals surface area contributed by atoms with Crippen LogP contribution < -0.4 is 0 Å². The standard InChI is InChI=1S/C28H32FN7O2/c1-17-7-8-18(13-20(17)29)22-14-19(27(2,3)4)24-31-23(15-36(24)33-22)26(38)35-12-11-34(16-28(35,5)6)25(37)21-9-10-30-32-21/h7-10,13-15H,11-12,16H2,1-6H3,(H,30,32). The van der Waals surface area contributed by atoms with Gasteiger partial charge in [0, 0.05) is 37.0 Å². The van der Waals surface area contributed by atoms with Gasteiger partial charge in [0.05, 0.1) is 17.4 Å². The zero-order valence-corrected chi connectivity index (χ0v) is 22.5. The number of nitrogens with one attached hydrogen (secondary N) is 1. The summed E-state index contributed by atoms with van der Waals surface area (Å²) in [5, 5.41) is 11.3. The molecule has 198 valence electrons. The second kappa shape index (κ2) is 9.04. The van der Waals surface area contributed by atoms with Gasteiger partial charge in [0.25, 0.3) is 11.8 Å². The number of hydrogen-bond acceptors (Lipinski definition) is 5. The quantitative estimate of drug-likeness (QED) is 0.438. The average Bonchev–Trinajstić information content (AvgIpc) is 3.53. The van der Waals surface area contributed by atoms with Crippen LogP contribution in [0.15, 0.2) is 42.7 Å². The molecule has 9 nitrogen and oxygen atoms in total. The summed E-state index contributed by atoms with van der Waals surface area (Å²) in [4.78, 5) is 34.8. The van der Waals surface area contributed by atoms with Crippen LogP contribution in [-0.4, -0.2) is 71.6 Å². The highest BCUT2D eigenvalue weighted by Crippen LogP contribution is 2.31. The van der Waals surface area contributed by atoms with Crippen LogP contribution >= 0.6 is 0 Å².